The number of aromatic carboxylic acids is 1. The van der Waals surface area contributed by atoms with E-state index in [1.807, 2.05) is 4.90 Å². The van der Waals surface area contributed by atoms with Crippen molar-refractivity contribution in [3.63, 3.8) is 0 Å². The molecule has 1 aliphatic heterocycles. The molecule has 1 fully saturated rings. The van der Waals surface area contributed by atoms with Crippen LogP contribution in [0, 0.1) is 16.0 Å². The first-order chi connectivity index (χ1) is 9.93. The fourth-order valence-corrected chi connectivity index (χ4v) is 2.48. The summed E-state index contributed by atoms with van der Waals surface area (Å²) in [6.45, 7) is 3.39. The Balaban J connectivity index is 2.30. The van der Waals surface area contributed by atoms with Gasteiger partial charge in [0.2, 0.25) is 0 Å². The third-order valence-corrected chi connectivity index (χ3v) is 3.81. The van der Waals surface area contributed by atoms with E-state index in [1.54, 1.807) is 7.11 Å². The van der Waals surface area contributed by atoms with Crippen molar-refractivity contribution in [1.29, 1.82) is 0 Å². The number of methoxy groups -OCH3 is 1. The molecule has 0 spiro atoms. The Kier molecular flexibility index (Phi) is 4.37. The second-order valence-corrected chi connectivity index (χ2v) is 5.11. The first-order valence-corrected chi connectivity index (χ1v) is 6.59. The van der Waals surface area contributed by atoms with E-state index in [2.05, 4.69) is 11.9 Å². The lowest BCUT2D eigenvalue weighted by atomic mass is 9.96. The van der Waals surface area contributed by atoms with Crippen LogP contribution in [0.15, 0.2) is 12.3 Å². The van der Waals surface area contributed by atoms with Gasteiger partial charge in [0.25, 0.3) is 0 Å². The number of nitro groups is 1. The topological polar surface area (TPSA) is 106 Å². The number of hydrogen-bond donors (Lipinski definition) is 1. The summed E-state index contributed by atoms with van der Waals surface area (Å²) >= 11 is 0. The molecule has 1 aliphatic rings. The molecule has 8 nitrogen and oxygen atoms in total. The summed E-state index contributed by atoms with van der Waals surface area (Å²) in [5.74, 6) is -0.505. The molecule has 0 aromatic carbocycles. The lowest BCUT2D eigenvalue weighted by Gasteiger charge is -2.36. The Bertz CT molecular complexity index is 563. The van der Waals surface area contributed by atoms with E-state index in [1.165, 1.54) is 6.07 Å². The number of pyridine rings is 1. The summed E-state index contributed by atoms with van der Waals surface area (Å²) in [6.07, 6.45) is 1.92. The highest BCUT2D eigenvalue weighted by molar-refractivity contribution is 5.93. The van der Waals surface area contributed by atoms with Crippen LogP contribution in [0.2, 0.25) is 0 Å². The van der Waals surface area contributed by atoms with E-state index < -0.39 is 16.6 Å². The van der Waals surface area contributed by atoms with Crippen LogP contribution in [-0.2, 0) is 4.74 Å². The number of aromatic nitrogens is 1. The molecule has 8 heteroatoms. The summed E-state index contributed by atoms with van der Waals surface area (Å²) in [7, 11) is 1.64. The lowest BCUT2D eigenvalue weighted by molar-refractivity contribution is -0.385. The SMILES string of the molecule is COC1CN(c2cc(C(=O)O)c([N+](=O)[O-])cn2)CCC1C. The lowest BCUT2D eigenvalue weighted by Crippen LogP contribution is -2.44. The van der Waals surface area contributed by atoms with Gasteiger partial charge in [-0.15, -0.1) is 0 Å². The second-order valence-electron chi connectivity index (χ2n) is 5.11. The van der Waals surface area contributed by atoms with E-state index in [0.717, 1.165) is 12.6 Å². The van der Waals surface area contributed by atoms with Gasteiger partial charge in [-0.1, -0.05) is 6.92 Å². The largest absolute Gasteiger partial charge is 0.477 e. The van der Waals surface area contributed by atoms with Crippen molar-refractivity contribution in [2.75, 3.05) is 25.1 Å². The number of hydrogen-bond acceptors (Lipinski definition) is 6. The third kappa shape index (κ3) is 3.10. The van der Waals surface area contributed by atoms with Gasteiger partial charge >= 0.3 is 11.7 Å². The Labute approximate surface area is 121 Å². The average molecular weight is 295 g/mol. The van der Waals surface area contributed by atoms with E-state index in [4.69, 9.17) is 9.84 Å². The van der Waals surface area contributed by atoms with Crippen LogP contribution < -0.4 is 4.90 Å². The van der Waals surface area contributed by atoms with Crippen LogP contribution in [0.4, 0.5) is 11.5 Å². The van der Waals surface area contributed by atoms with Crippen LogP contribution >= 0.6 is 0 Å². The standard InChI is InChI=1S/C13H17N3O5/c1-8-3-4-15(7-11(8)21-2)12-5-9(13(17)18)10(6-14-12)16(19)20/h5-6,8,11H,3-4,7H2,1-2H3,(H,17,18). The maximum Gasteiger partial charge on any atom is 0.342 e. The maximum absolute atomic E-state index is 11.2. The summed E-state index contributed by atoms with van der Waals surface area (Å²) in [5, 5.41) is 19.9. The molecule has 1 aromatic rings. The zero-order valence-electron chi connectivity index (χ0n) is 11.9. The van der Waals surface area contributed by atoms with Crippen molar-refractivity contribution in [2.45, 2.75) is 19.4 Å². The van der Waals surface area contributed by atoms with E-state index >= 15 is 0 Å². The van der Waals surface area contributed by atoms with Crippen molar-refractivity contribution in [1.82, 2.24) is 4.98 Å². The third-order valence-electron chi connectivity index (χ3n) is 3.81. The minimum Gasteiger partial charge on any atom is -0.477 e. The summed E-state index contributed by atoms with van der Waals surface area (Å²) < 4.78 is 5.40. The Morgan fingerprint density at radius 2 is 2.33 bits per heavy atom. The Hall–Kier alpha value is -2.22. The minimum absolute atomic E-state index is 0.0315. The molecule has 1 aromatic heterocycles. The molecule has 114 valence electrons. The van der Waals surface area contributed by atoms with Crippen molar-refractivity contribution in [3.05, 3.63) is 27.9 Å². The van der Waals surface area contributed by atoms with Crippen molar-refractivity contribution < 1.29 is 19.6 Å². The van der Waals surface area contributed by atoms with Gasteiger partial charge < -0.3 is 14.7 Å². The molecule has 0 aliphatic carbocycles. The molecule has 0 bridgehead atoms. The van der Waals surface area contributed by atoms with Gasteiger partial charge in [0.1, 0.15) is 17.6 Å². The average Bonchev–Trinajstić information content (AvgIpc) is 2.47. The van der Waals surface area contributed by atoms with Gasteiger partial charge in [0.05, 0.1) is 11.0 Å². The molecule has 1 saturated heterocycles. The zero-order chi connectivity index (χ0) is 15.6. The van der Waals surface area contributed by atoms with Gasteiger partial charge in [0.15, 0.2) is 0 Å². The monoisotopic (exact) mass is 295 g/mol. The molecular formula is C13H17N3O5. The fourth-order valence-electron chi connectivity index (χ4n) is 2.48. The quantitative estimate of drug-likeness (QED) is 0.663. The number of carboxylic acids is 1. The number of nitrogens with zero attached hydrogens (tertiary/aromatic N) is 3. The molecule has 0 saturated carbocycles. The molecule has 1 N–H and O–H groups in total. The highest BCUT2D eigenvalue weighted by atomic mass is 16.6. The van der Waals surface area contributed by atoms with E-state index in [0.29, 0.717) is 24.8 Å². The van der Waals surface area contributed by atoms with Gasteiger partial charge in [-0.3, -0.25) is 10.1 Å². The molecule has 2 rings (SSSR count). The normalized spacial score (nSPS) is 22.1. The first-order valence-electron chi connectivity index (χ1n) is 6.59. The van der Waals surface area contributed by atoms with Crippen LogP contribution in [0.5, 0.6) is 0 Å². The first kappa shape index (κ1) is 15.2. The van der Waals surface area contributed by atoms with Gasteiger partial charge in [-0.25, -0.2) is 9.78 Å². The highest BCUT2D eigenvalue weighted by Gasteiger charge is 2.29. The number of ether oxygens (including phenoxy) is 1. The van der Waals surface area contributed by atoms with Gasteiger partial charge in [-0.05, 0) is 12.3 Å². The van der Waals surface area contributed by atoms with E-state index in [9.17, 15) is 14.9 Å². The molecule has 2 unspecified atom stereocenters. The molecular weight excluding hydrogens is 278 g/mol. The molecule has 2 heterocycles. The van der Waals surface area contributed by atoms with E-state index in [-0.39, 0.29) is 11.7 Å². The van der Waals surface area contributed by atoms with Crippen molar-refractivity contribution >= 4 is 17.5 Å². The number of piperidine rings is 1. The van der Waals surface area contributed by atoms with Crippen LogP contribution in [-0.4, -0.2) is 47.3 Å². The number of anilines is 1. The van der Waals surface area contributed by atoms with Crippen molar-refractivity contribution in [2.24, 2.45) is 5.92 Å². The fraction of sp³-hybridized carbons (Fsp3) is 0.538. The highest BCUT2D eigenvalue weighted by Crippen LogP contribution is 2.27. The summed E-state index contributed by atoms with van der Waals surface area (Å²) in [5.41, 5.74) is -0.850. The predicted molar refractivity (Wildman–Crippen MR) is 74.6 cm³/mol. The van der Waals surface area contributed by atoms with Crippen molar-refractivity contribution in [3.8, 4) is 0 Å². The summed E-state index contributed by atoms with van der Waals surface area (Å²) in [6, 6.07) is 1.25. The van der Waals surface area contributed by atoms with Gasteiger partial charge in [0, 0.05) is 26.3 Å². The minimum atomic E-state index is -1.33. The molecule has 0 radical (unpaired) electrons. The van der Waals surface area contributed by atoms with Crippen LogP contribution in [0.3, 0.4) is 0 Å². The molecule has 2 atom stereocenters. The Morgan fingerprint density at radius 3 is 2.90 bits per heavy atom. The Morgan fingerprint density at radius 1 is 1.62 bits per heavy atom. The number of rotatable bonds is 4. The predicted octanol–water partition coefficient (Wildman–Crippen LogP) is 1.55. The number of carboxylic acid groups (broad SMARTS) is 1. The van der Waals surface area contributed by atoms with Crippen LogP contribution in [0.1, 0.15) is 23.7 Å². The zero-order valence-corrected chi connectivity index (χ0v) is 11.9. The van der Waals surface area contributed by atoms with Gasteiger partial charge in [-0.2, -0.15) is 0 Å². The number of carbonyl (C=O) groups is 1. The van der Waals surface area contributed by atoms with Crippen LogP contribution in [0.25, 0.3) is 0 Å². The second kappa shape index (κ2) is 6.04. The maximum atomic E-state index is 11.2. The summed E-state index contributed by atoms with van der Waals surface area (Å²) in [4.78, 5) is 27.2. The smallest absolute Gasteiger partial charge is 0.342 e. The molecule has 21 heavy (non-hydrogen) atoms. The molecule has 0 amide bonds.